The molecule has 2 N–H and O–H groups in total. The summed E-state index contributed by atoms with van der Waals surface area (Å²) in [6, 6.07) is 5.57. The zero-order chi connectivity index (χ0) is 14.7. The van der Waals surface area contributed by atoms with Crippen LogP contribution in [0.5, 0.6) is 5.75 Å². The number of hydrogen-bond donors (Lipinski definition) is 1. The Kier molecular flexibility index (Phi) is 4.53. The van der Waals surface area contributed by atoms with Crippen molar-refractivity contribution >= 4 is 11.6 Å². The van der Waals surface area contributed by atoms with E-state index in [1.807, 2.05) is 11.9 Å². The monoisotopic (exact) mass is 276 g/mol. The highest BCUT2D eigenvalue weighted by Gasteiger charge is 2.26. The largest absolute Gasteiger partial charge is 0.495 e. The predicted octanol–water partition coefficient (Wildman–Crippen LogP) is 2.93. The summed E-state index contributed by atoms with van der Waals surface area (Å²) >= 11 is 0. The Bertz CT molecular complexity index is 487. The molecule has 1 aromatic rings. The second-order valence-electron chi connectivity index (χ2n) is 5.80. The van der Waals surface area contributed by atoms with Crippen molar-refractivity contribution < 1.29 is 9.53 Å². The van der Waals surface area contributed by atoms with Crippen molar-refractivity contribution in [1.82, 2.24) is 4.90 Å². The normalized spacial score (nSPS) is 22.4. The first kappa shape index (κ1) is 14.7. The highest BCUT2D eigenvalue weighted by molar-refractivity contribution is 5.95. The minimum atomic E-state index is 0.0402. The lowest BCUT2D eigenvalue weighted by Gasteiger charge is -2.34. The SMILES string of the molecule is COc1ccc(C(=O)N(C)C2CCCC(C)C2)cc1N. The number of amides is 1. The lowest BCUT2D eigenvalue weighted by atomic mass is 9.86. The molecule has 2 atom stereocenters. The van der Waals surface area contributed by atoms with Gasteiger partial charge >= 0.3 is 0 Å². The lowest BCUT2D eigenvalue weighted by molar-refractivity contribution is 0.0672. The van der Waals surface area contributed by atoms with Gasteiger partial charge in [-0.25, -0.2) is 0 Å². The van der Waals surface area contributed by atoms with Crippen LogP contribution in [0.3, 0.4) is 0 Å². The van der Waals surface area contributed by atoms with Crippen molar-refractivity contribution in [1.29, 1.82) is 0 Å². The Hall–Kier alpha value is -1.71. The maximum atomic E-state index is 12.5. The third-order valence-electron chi connectivity index (χ3n) is 4.25. The Morgan fingerprint density at radius 1 is 1.40 bits per heavy atom. The molecule has 2 rings (SSSR count). The third-order valence-corrected chi connectivity index (χ3v) is 4.25. The van der Waals surface area contributed by atoms with Crippen LogP contribution in [-0.4, -0.2) is 31.0 Å². The van der Waals surface area contributed by atoms with E-state index in [-0.39, 0.29) is 5.91 Å². The molecule has 0 aromatic heterocycles. The first-order valence-corrected chi connectivity index (χ1v) is 7.23. The van der Waals surface area contributed by atoms with E-state index in [0.717, 1.165) is 12.8 Å². The lowest BCUT2D eigenvalue weighted by Crippen LogP contribution is -2.39. The van der Waals surface area contributed by atoms with Gasteiger partial charge in [-0.1, -0.05) is 19.8 Å². The van der Waals surface area contributed by atoms with Crippen LogP contribution in [0.4, 0.5) is 5.69 Å². The molecular formula is C16H24N2O2. The summed E-state index contributed by atoms with van der Waals surface area (Å²) in [6.07, 6.45) is 4.66. The summed E-state index contributed by atoms with van der Waals surface area (Å²) < 4.78 is 5.12. The van der Waals surface area contributed by atoms with Gasteiger partial charge in [0.25, 0.3) is 5.91 Å². The summed E-state index contributed by atoms with van der Waals surface area (Å²) in [7, 11) is 3.47. The van der Waals surface area contributed by atoms with E-state index in [1.54, 1.807) is 25.3 Å². The van der Waals surface area contributed by atoms with Gasteiger partial charge < -0.3 is 15.4 Å². The van der Waals surface area contributed by atoms with E-state index in [2.05, 4.69) is 6.92 Å². The van der Waals surface area contributed by atoms with Gasteiger partial charge in [0.15, 0.2) is 0 Å². The first-order chi connectivity index (χ1) is 9.52. The molecule has 1 fully saturated rings. The Labute approximate surface area is 120 Å². The van der Waals surface area contributed by atoms with E-state index in [9.17, 15) is 4.79 Å². The summed E-state index contributed by atoms with van der Waals surface area (Å²) in [5.74, 6) is 1.35. The van der Waals surface area contributed by atoms with E-state index >= 15 is 0 Å². The number of nitrogens with two attached hydrogens (primary N) is 1. The Morgan fingerprint density at radius 2 is 2.15 bits per heavy atom. The maximum absolute atomic E-state index is 12.5. The van der Waals surface area contributed by atoms with Gasteiger partial charge in [0.2, 0.25) is 0 Å². The molecule has 1 aliphatic carbocycles. The highest BCUT2D eigenvalue weighted by Crippen LogP contribution is 2.28. The first-order valence-electron chi connectivity index (χ1n) is 7.23. The molecule has 0 aliphatic heterocycles. The molecule has 0 saturated heterocycles. The number of ether oxygens (including phenoxy) is 1. The Morgan fingerprint density at radius 3 is 2.75 bits per heavy atom. The molecule has 0 bridgehead atoms. The summed E-state index contributed by atoms with van der Waals surface area (Å²) in [6.45, 7) is 2.26. The number of rotatable bonds is 3. The fraction of sp³-hybridized carbons (Fsp3) is 0.562. The van der Waals surface area contributed by atoms with Crippen LogP contribution in [0.25, 0.3) is 0 Å². The van der Waals surface area contributed by atoms with E-state index < -0.39 is 0 Å². The van der Waals surface area contributed by atoms with Crippen LogP contribution >= 0.6 is 0 Å². The smallest absolute Gasteiger partial charge is 0.253 e. The van der Waals surface area contributed by atoms with Gasteiger partial charge in [-0.15, -0.1) is 0 Å². The zero-order valence-electron chi connectivity index (χ0n) is 12.6. The summed E-state index contributed by atoms with van der Waals surface area (Å²) in [5, 5.41) is 0. The fourth-order valence-electron chi connectivity index (χ4n) is 2.99. The molecule has 4 heteroatoms. The summed E-state index contributed by atoms with van der Waals surface area (Å²) in [4.78, 5) is 14.4. The molecule has 0 spiro atoms. The van der Waals surface area contributed by atoms with Crippen LogP contribution in [0.2, 0.25) is 0 Å². The molecule has 1 aromatic carbocycles. The molecular weight excluding hydrogens is 252 g/mol. The van der Waals surface area contributed by atoms with Crippen molar-refractivity contribution in [2.75, 3.05) is 19.9 Å². The average Bonchev–Trinajstić information content (AvgIpc) is 2.45. The molecule has 110 valence electrons. The molecule has 0 radical (unpaired) electrons. The second kappa shape index (κ2) is 6.16. The van der Waals surface area contributed by atoms with Gasteiger partial charge in [0, 0.05) is 18.7 Å². The number of benzene rings is 1. The van der Waals surface area contributed by atoms with Crippen LogP contribution in [0, 0.1) is 5.92 Å². The topological polar surface area (TPSA) is 55.6 Å². The minimum Gasteiger partial charge on any atom is -0.495 e. The number of methoxy groups -OCH3 is 1. The van der Waals surface area contributed by atoms with Crippen LogP contribution in [-0.2, 0) is 0 Å². The van der Waals surface area contributed by atoms with Crippen molar-refractivity contribution in [3.63, 3.8) is 0 Å². The van der Waals surface area contributed by atoms with Crippen molar-refractivity contribution in [3.05, 3.63) is 23.8 Å². The van der Waals surface area contributed by atoms with Crippen molar-refractivity contribution in [2.45, 2.75) is 38.6 Å². The van der Waals surface area contributed by atoms with E-state index in [0.29, 0.717) is 29.0 Å². The standard InChI is InChI=1S/C16H24N2O2/c1-11-5-4-6-13(9-11)18(2)16(19)12-7-8-15(20-3)14(17)10-12/h7-8,10-11,13H,4-6,9,17H2,1-3H3. The molecule has 0 heterocycles. The molecule has 20 heavy (non-hydrogen) atoms. The van der Waals surface area contributed by atoms with E-state index in [1.165, 1.54) is 12.8 Å². The number of nitrogens with zero attached hydrogens (tertiary/aromatic N) is 1. The van der Waals surface area contributed by atoms with Gasteiger partial charge in [0.05, 0.1) is 12.8 Å². The number of hydrogen-bond acceptors (Lipinski definition) is 3. The third kappa shape index (κ3) is 3.06. The van der Waals surface area contributed by atoms with Crippen LogP contribution in [0.1, 0.15) is 43.0 Å². The predicted molar refractivity (Wildman–Crippen MR) is 80.9 cm³/mol. The average molecular weight is 276 g/mol. The molecule has 4 nitrogen and oxygen atoms in total. The van der Waals surface area contributed by atoms with Crippen molar-refractivity contribution in [2.24, 2.45) is 5.92 Å². The van der Waals surface area contributed by atoms with Gasteiger partial charge in [-0.3, -0.25) is 4.79 Å². The highest BCUT2D eigenvalue weighted by atomic mass is 16.5. The number of carbonyl (C=O) groups excluding carboxylic acids is 1. The number of anilines is 1. The second-order valence-corrected chi connectivity index (χ2v) is 5.80. The van der Waals surface area contributed by atoms with Gasteiger partial charge in [-0.05, 0) is 37.0 Å². The quantitative estimate of drug-likeness (QED) is 0.864. The number of carbonyl (C=O) groups is 1. The Balaban J connectivity index is 2.11. The van der Waals surface area contributed by atoms with Gasteiger partial charge in [0.1, 0.15) is 5.75 Å². The minimum absolute atomic E-state index is 0.0402. The fourth-order valence-corrected chi connectivity index (χ4v) is 2.99. The maximum Gasteiger partial charge on any atom is 0.253 e. The zero-order valence-corrected chi connectivity index (χ0v) is 12.6. The van der Waals surface area contributed by atoms with Crippen LogP contribution < -0.4 is 10.5 Å². The summed E-state index contributed by atoms with van der Waals surface area (Å²) in [5.41, 5.74) is 7.01. The van der Waals surface area contributed by atoms with Crippen molar-refractivity contribution in [3.8, 4) is 5.75 Å². The molecule has 1 saturated carbocycles. The van der Waals surface area contributed by atoms with Crippen LogP contribution in [0.15, 0.2) is 18.2 Å². The van der Waals surface area contributed by atoms with Gasteiger partial charge in [-0.2, -0.15) is 0 Å². The number of nitrogen functional groups attached to an aromatic ring is 1. The molecule has 2 unspecified atom stereocenters. The molecule has 1 amide bonds. The molecule has 1 aliphatic rings. The van der Waals surface area contributed by atoms with E-state index in [4.69, 9.17) is 10.5 Å².